The van der Waals surface area contributed by atoms with Gasteiger partial charge in [-0.2, -0.15) is 0 Å². The van der Waals surface area contributed by atoms with Gasteiger partial charge in [0.05, 0.1) is 12.5 Å². The van der Waals surface area contributed by atoms with Gasteiger partial charge in [0.2, 0.25) is 5.91 Å². The molecular weight excluding hydrogens is 228 g/mol. The topological polar surface area (TPSA) is 75.3 Å². The molecule has 1 aliphatic carbocycles. The highest BCUT2D eigenvalue weighted by molar-refractivity contribution is 5.78. The molecule has 2 rings (SSSR count). The van der Waals surface area contributed by atoms with Crippen LogP contribution >= 0.6 is 0 Å². The smallest absolute Gasteiger partial charge is 0.221 e. The van der Waals surface area contributed by atoms with Crippen LogP contribution in [0.5, 0.6) is 0 Å². The third-order valence-electron chi connectivity index (χ3n) is 3.93. The summed E-state index contributed by atoms with van der Waals surface area (Å²) in [6.07, 6.45) is 0.704. The predicted octanol–water partition coefficient (Wildman–Crippen LogP) is 1.29. The van der Waals surface area contributed by atoms with Gasteiger partial charge in [-0.05, 0) is 18.1 Å². The van der Waals surface area contributed by atoms with Crippen molar-refractivity contribution in [2.45, 2.75) is 38.8 Å². The Bertz CT molecular complexity index is 457. The Kier molecular flexibility index (Phi) is 3.30. The molecule has 1 aliphatic rings. The van der Waals surface area contributed by atoms with Gasteiger partial charge in [-0.15, -0.1) is 0 Å². The van der Waals surface area contributed by atoms with Crippen LogP contribution in [0.25, 0.3) is 0 Å². The number of aliphatic hydroxyl groups is 1. The van der Waals surface area contributed by atoms with E-state index in [0.29, 0.717) is 0 Å². The molecule has 2 unspecified atom stereocenters. The third kappa shape index (κ3) is 2.34. The van der Waals surface area contributed by atoms with E-state index in [1.807, 2.05) is 38.1 Å². The lowest BCUT2D eigenvalue weighted by atomic mass is 9.64. The van der Waals surface area contributed by atoms with Gasteiger partial charge in [-0.25, -0.2) is 0 Å². The zero-order valence-electron chi connectivity index (χ0n) is 10.8. The fraction of sp³-hybridized carbons (Fsp3) is 0.500. The first-order valence-corrected chi connectivity index (χ1v) is 6.22. The van der Waals surface area contributed by atoms with Crippen molar-refractivity contribution in [3.05, 3.63) is 29.8 Å². The van der Waals surface area contributed by atoms with Crippen LogP contribution in [0.4, 0.5) is 5.69 Å². The van der Waals surface area contributed by atoms with E-state index in [2.05, 4.69) is 5.32 Å². The van der Waals surface area contributed by atoms with Crippen molar-refractivity contribution in [3.63, 3.8) is 0 Å². The second kappa shape index (κ2) is 4.61. The quantitative estimate of drug-likeness (QED) is 0.751. The van der Waals surface area contributed by atoms with E-state index in [1.165, 1.54) is 0 Å². The number of amides is 1. The monoisotopic (exact) mass is 248 g/mol. The second-order valence-electron chi connectivity index (χ2n) is 5.57. The Labute approximate surface area is 107 Å². The molecule has 0 radical (unpaired) electrons. The number of aliphatic hydroxyl groups excluding tert-OH is 1. The number of carbonyl (C=O) groups excluding carboxylic acids is 1. The zero-order valence-corrected chi connectivity index (χ0v) is 10.8. The molecule has 0 aromatic heterocycles. The van der Waals surface area contributed by atoms with Gasteiger partial charge in [0, 0.05) is 17.1 Å². The summed E-state index contributed by atoms with van der Waals surface area (Å²) in [6, 6.07) is 7.88. The predicted molar refractivity (Wildman–Crippen MR) is 71.2 cm³/mol. The van der Waals surface area contributed by atoms with Crippen molar-refractivity contribution < 1.29 is 9.90 Å². The summed E-state index contributed by atoms with van der Waals surface area (Å²) in [6.45, 7) is 4.07. The maximum absolute atomic E-state index is 11.0. The largest absolute Gasteiger partial charge is 0.392 e. The van der Waals surface area contributed by atoms with E-state index in [-0.39, 0.29) is 29.9 Å². The molecule has 1 fully saturated rings. The van der Waals surface area contributed by atoms with Crippen LogP contribution in [0.15, 0.2) is 24.3 Å². The van der Waals surface area contributed by atoms with Crippen molar-refractivity contribution in [1.82, 2.24) is 0 Å². The highest BCUT2D eigenvalue weighted by atomic mass is 16.3. The summed E-state index contributed by atoms with van der Waals surface area (Å²) in [5.74, 6) is -0.336. The fourth-order valence-electron chi connectivity index (χ4n) is 2.34. The molecule has 18 heavy (non-hydrogen) atoms. The molecule has 0 saturated heterocycles. The summed E-state index contributed by atoms with van der Waals surface area (Å²) in [5, 5.41) is 13.1. The number of hydrogen-bond donors (Lipinski definition) is 3. The number of benzene rings is 1. The molecule has 1 saturated carbocycles. The van der Waals surface area contributed by atoms with E-state index in [4.69, 9.17) is 5.73 Å². The van der Waals surface area contributed by atoms with Crippen molar-refractivity contribution in [2.24, 2.45) is 11.1 Å². The lowest BCUT2D eigenvalue weighted by molar-refractivity contribution is -0.117. The molecule has 0 aliphatic heterocycles. The fourth-order valence-corrected chi connectivity index (χ4v) is 2.34. The highest BCUT2D eigenvalue weighted by Gasteiger charge is 2.47. The molecule has 1 amide bonds. The van der Waals surface area contributed by atoms with E-state index < -0.39 is 0 Å². The van der Waals surface area contributed by atoms with Gasteiger partial charge in [0.15, 0.2) is 0 Å². The second-order valence-corrected chi connectivity index (χ2v) is 5.57. The lowest BCUT2D eigenvalue weighted by Gasteiger charge is -2.50. The Morgan fingerprint density at radius 3 is 2.72 bits per heavy atom. The summed E-state index contributed by atoms with van der Waals surface area (Å²) in [4.78, 5) is 11.0. The molecule has 1 aromatic carbocycles. The Morgan fingerprint density at radius 2 is 2.17 bits per heavy atom. The van der Waals surface area contributed by atoms with Crippen molar-refractivity contribution >= 4 is 11.6 Å². The number of carbonyl (C=O) groups is 1. The molecule has 4 heteroatoms. The van der Waals surface area contributed by atoms with Crippen LogP contribution in [0, 0.1) is 5.41 Å². The third-order valence-corrected chi connectivity index (χ3v) is 3.93. The molecule has 0 heterocycles. The molecule has 1 aromatic rings. The minimum Gasteiger partial charge on any atom is -0.392 e. The van der Waals surface area contributed by atoms with Crippen LogP contribution in [-0.2, 0) is 11.2 Å². The first-order valence-electron chi connectivity index (χ1n) is 6.22. The molecule has 4 nitrogen and oxygen atoms in total. The van der Waals surface area contributed by atoms with E-state index in [9.17, 15) is 9.90 Å². The standard InChI is InChI=1S/C14H20N2O2/c1-14(2)11(8-12(14)17)16-10-6-4-3-5-9(10)7-13(15)18/h3-6,11-12,16-17H,7-8H2,1-2H3,(H2,15,18). The average Bonchev–Trinajstić information content (AvgIpc) is 2.30. The maximum Gasteiger partial charge on any atom is 0.221 e. The average molecular weight is 248 g/mol. The molecule has 4 N–H and O–H groups in total. The van der Waals surface area contributed by atoms with Gasteiger partial charge >= 0.3 is 0 Å². The first-order chi connectivity index (χ1) is 8.41. The summed E-state index contributed by atoms with van der Waals surface area (Å²) < 4.78 is 0. The number of nitrogens with two attached hydrogens (primary N) is 1. The number of hydrogen-bond acceptors (Lipinski definition) is 3. The van der Waals surface area contributed by atoms with Crippen LogP contribution in [0.1, 0.15) is 25.8 Å². The van der Waals surface area contributed by atoms with Gasteiger partial charge in [0.25, 0.3) is 0 Å². The summed E-state index contributed by atoms with van der Waals surface area (Å²) in [5.41, 5.74) is 6.94. The minimum atomic E-state index is -0.336. The SMILES string of the molecule is CC1(C)C(O)CC1Nc1ccccc1CC(N)=O. The molecular formula is C14H20N2O2. The normalized spacial score (nSPS) is 25.3. The molecule has 0 bridgehead atoms. The highest BCUT2D eigenvalue weighted by Crippen LogP contribution is 2.42. The summed E-state index contributed by atoms with van der Waals surface area (Å²) >= 11 is 0. The molecule has 0 spiro atoms. The number of para-hydroxylation sites is 1. The van der Waals surface area contributed by atoms with Crippen molar-refractivity contribution in [3.8, 4) is 0 Å². The van der Waals surface area contributed by atoms with Gasteiger partial charge in [0.1, 0.15) is 0 Å². The number of anilines is 1. The molecule has 98 valence electrons. The van der Waals surface area contributed by atoms with Gasteiger partial charge in [-0.3, -0.25) is 4.79 Å². The summed E-state index contributed by atoms with van der Waals surface area (Å²) in [7, 11) is 0. The van der Waals surface area contributed by atoms with Gasteiger partial charge in [-0.1, -0.05) is 32.0 Å². The van der Waals surface area contributed by atoms with E-state index in [1.54, 1.807) is 0 Å². The van der Waals surface area contributed by atoms with Gasteiger partial charge < -0.3 is 16.2 Å². The lowest BCUT2D eigenvalue weighted by Crippen LogP contribution is -2.57. The van der Waals surface area contributed by atoms with Crippen LogP contribution in [0.2, 0.25) is 0 Å². The van der Waals surface area contributed by atoms with E-state index >= 15 is 0 Å². The Morgan fingerprint density at radius 1 is 1.50 bits per heavy atom. The zero-order chi connectivity index (χ0) is 13.3. The van der Waals surface area contributed by atoms with Crippen LogP contribution < -0.4 is 11.1 Å². The Balaban J connectivity index is 2.12. The van der Waals surface area contributed by atoms with E-state index in [0.717, 1.165) is 17.7 Å². The van der Waals surface area contributed by atoms with Crippen molar-refractivity contribution in [2.75, 3.05) is 5.32 Å². The number of primary amides is 1. The minimum absolute atomic E-state index is 0.139. The maximum atomic E-state index is 11.0. The van der Waals surface area contributed by atoms with Crippen molar-refractivity contribution in [1.29, 1.82) is 0 Å². The van der Waals surface area contributed by atoms with Crippen LogP contribution in [-0.4, -0.2) is 23.2 Å². The molecule has 2 atom stereocenters. The Hall–Kier alpha value is -1.55. The number of nitrogens with one attached hydrogen (secondary N) is 1. The first kappa shape index (κ1) is 12.9. The number of rotatable bonds is 4. The van der Waals surface area contributed by atoms with Crippen LogP contribution in [0.3, 0.4) is 0 Å².